The Bertz CT molecular complexity index is 131. The van der Waals surface area contributed by atoms with Gasteiger partial charge in [-0.25, -0.2) is 0 Å². The molecule has 0 atom stereocenters. The Labute approximate surface area is 54.8 Å². The minimum absolute atomic E-state index is 0.147. The molecule has 1 saturated heterocycles. The zero-order chi connectivity index (χ0) is 6.91. The summed E-state index contributed by atoms with van der Waals surface area (Å²) in [6, 6.07) is 0. The van der Waals surface area contributed by atoms with Crippen LogP contribution in [0.2, 0.25) is 0 Å². The van der Waals surface area contributed by atoms with Crippen LogP contribution in [0.25, 0.3) is 0 Å². The third-order valence-corrected chi connectivity index (χ3v) is 1.67. The molecule has 0 aromatic rings. The van der Waals surface area contributed by atoms with E-state index in [9.17, 15) is 4.79 Å². The van der Waals surface area contributed by atoms with Crippen molar-refractivity contribution in [2.45, 2.75) is 19.4 Å². The van der Waals surface area contributed by atoms with Crippen molar-refractivity contribution in [3.8, 4) is 0 Å². The van der Waals surface area contributed by atoms with Gasteiger partial charge in [0.1, 0.15) is 0 Å². The van der Waals surface area contributed by atoms with E-state index >= 15 is 0 Å². The summed E-state index contributed by atoms with van der Waals surface area (Å²) >= 11 is 0. The smallest absolute Gasteiger partial charge is 0.280 e. The summed E-state index contributed by atoms with van der Waals surface area (Å²) in [7, 11) is 0. The highest BCUT2D eigenvalue weighted by atomic mass is 16.2. The predicted molar refractivity (Wildman–Crippen MR) is 33.9 cm³/mol. The fraction of sp³-hybridized carbons (Fsp3) is 0.833. The summed E-state index contributed by atoms with van der Waals surface area (Å²) < 4.78 is 0. The maximum Gasteiger partial charge on any atom is 0.280 e. The maximum absolute atomic E-state index is 11.0. The Balaban J connectivity index is 2.60. The summed E-state index contributed by atoms with van der Waals surface area (Å²) in [6.45, 7) is 5.67. The van der Waals surface area contributed by atoms with Crippen molar-refractivity contribution in [3.05, 3.63) is 0 Å². The van der Waals surface area contributed by atoms with E-state index in [-0.39, 0.29) is 11.4 Å². The third-order valence-electron chi connectivity index (χ3n) is 1.67. The lowest BCUT2D eigenvalue weighted by molar-refractivity contribution is -0.708. The topological polar surface area (TPSA) is 45.7 Å². The molecule has 0 unspecified atom stereocenters. The van der Waals surface area contributed by atoms with E-state index in [1.165, 1.54) is 0 Å². The zero-order valence-corrected chi connectivity index (χ0v) is 5.90. The number of hydrogen-bond donors (Lipinski definition) is 2. The molecule has 0 aromatic carbocycles. The van der Waals surface area contributed by atoms with Crippen molar-refractivity contribution in [1.82, 2.24) is 5.32 Å². The highest BCUT2D eigenvalue weighted by Gasteiger charge is 2.33. The average molecular weight is 129 g/mol. The van der Waals surface area contributed by atoms with Crippen LogP contribution in [-0.2, 0) is 4.79 Å². The second kappa shape index (κ2) is 1.99. The molecule has 3 N–H and O–H groups in total. The van der Waals surface area contributed by atoms with E-state index < -0.39 is 0 Å². The van der Waals surface area contributed by atoms with Crippen LogP contribution in [0.15, 0.2) is 0 Å². The number of piperazine rings is 1. The molecule has 0 saturated carbocycles. The molecule has 0 radical (unpaired) electrons. The molecule has 0 bridgehead atoms. The number of nitrogens with two attached hydrogens (primary N) is 1. The molecule has 0 aromatic heterocycles. The van der Waals surface area contributed by atoms with E-state index in [0.29, 0.717) is 0 Å². The Morgan fingerprint density at radius 3 is 2.67 bits per heavy atom. The number of carbonyl (C=O) groups is 1. The number of nitrogens with one attached hydrogen (secondary N) is 1. The van der Waals surface area contributed by atoms with Crippen LogP contribution in [0.3, 0.4) is 0 Å². The van der Waals surface area contributed by atoms with Crippen LogP contribution < -0.4 is 10.6 Å². The highest BCUT2D eigenvalue weighted by Crippen LogP contribution is 1.95. The summed E-state index contributed by atoms with van der Waals surface area (Å²) in [5.74, 6) is 0.147. The minimum Gasteiger partial charge on any atom is -0.345 e. The largest absolute Gasteiger partial charge is 0.345 e. The Morgan fingerprint density at radius 1 is 1.67 bits per heavy atom. The molecule has 3 heteroatoms. The van der Waals surface area contributed by atoms with Gasteiger partial charge >= 0.3 is 0 Å². The minimum atomic E-state index is -0.238. The lowest BCUT2D eigenvalue weighted by Gasteiger charge is -2.26. The molecular formula is C6H13N2O+. The Hall–Kier alpha value is -0.570. The second-order valence-electron chi connectivity index (χ2n) is 2.97. The van der Waals surface area contributed by atoms with Crippen LogP contribution >= 0.6 is 0 Å². The molecule has 1 aliphatic heterocycles. The first-order valence-electron chi connectivity index (χ1n) is 3.25. The number of rotatable bonds is 0. The maximum atomic E-state index is 11.0. The summed E-state index contributed by atoms with van der Waals surface area (Å²) in [5.41, 5.74) is -0.238. The van der Waals surface area contributed by atoms with Crippen molar-refractivity contribution in [2.24, 2.45) is 0 Å². The molecule has 0 aliphatic carbocycles. The first-order valence-corrected chi connectivity index (χ1v) is 3.25. The predicted octanol–water partition coefficient (Wildman–Crippen LogP) is -1.54. The van der Waals surface area contributed by atoms with Crippen LogP contribution in [0.4, 0.5) is 0 Å². The van der Waals surface area contributed by atoms with Gasteiger partial charge in [0.2, 0.25) is 0 Å². The van der Waals surface area contributed by atoms with Gasteiger partial charge in [-0.2, -0.15) is 0 Å². The van der Waals surface area contributed by atoms with Crippen molar-refractivity contribution in [3.63, 3.8) is 0 Å². The SMILES string of the molecule is CC1(C)[NH2+]CCNC1=O. The van der Waals surface area contributed by atoms with Gasteiger partial charge in [-0.1, -0.05) is 0 Å². The summed E-state index contributed by atoms with van der Waals surface area (Å²) in [4.78, 5) is 11.0. The van der Waals surface area contributed by atoms with Crippen LogP contribution in [0.5, 0.6) is 0 Å². The van der Waals surface area contributed by atoms with Gasteiger partial charge in [-0.15, -0.1) is 0 Å². The van der Waals surface area contributed by atoms with Crippen molar-refractivity contribution in [1.29, 1.82) is 0 Å². The van der Waals surface area contributed by atoms with E-state index in [2.05, 4.69) is 10.6 Å². The fourth-order valence-corrected chi connectivity index (χ4v) is 0.939. The molecule has 1 amide bonds. The zero-order valence-electron chi connectivity index (χ0n) is 5.90. The monoisotopic (exact) mass is 129 g/mol. The van der Waals surface area contributed by atoms with Crippen LogP contribution in [-0.4, -0.2) is 24.5 Å². The normalized spacial score (nSPS) is 25.3. The molecule has 1 fully saturated rings. The number of quaternary nitrogens is 1. The van der Waals surface area contributed by atoms with Gasteiger partial charge < -0.3 is 10.6 Å². The van der Waals surface area contributed by atoms with Crippen molar-refractivity contribution in [2.75, 3.05) is 13.1 Å². The van der Waals surface area contributed by atoms with Crippen LogP contribution in [0.1, 0.15) is 13.8 Å². The van der Waals surface area contributed by atoms with E-state index in [1.54, 1.807) is 0 Å². The molecule has 1 rings (SSSR count). The van der Waals surface area contributed by atoms with Gasteiger partial charge in [0.15, 0.2) is 5.54 Å². The van der Waals surface area contributed by atoms with E-state index in [4.69, 9.17) is 0 Å². The Morgan fingerprint density at radius 2 is 2.33 bits per heavy atom. The standard InChI is InChI=1S/C6H12N2O/c1-6(2)5(9)7-3-4-8-6/h8H,3-4H2,1-2H3,(H,7,9)/p+1. The fourth-order valence-electron chi connectivity index (χ4n) is 0.939. The average Bonchev–Trinajstić information content (AvgIpc) is 1.77. The molecule has 1 heterocycles. The summed E-state index contributed by atoms with van der Waals surface area (Å²) in [5, 5.41) is 4.86. The molecule has 1 aliphatic rings. The van der Waals surface area contributed by atoms with E-state index in [0.717, 1.165) is 13.1 Å². The van der Waals surface area contributed by atoms with Gasteiger partial charge in [0.05, 0.1) is 13.1 Å². The van der Waals surface area contributed by atoms with Crippen LogP contribution in [0, 0.1) is 0 Å². The third kappa shape index (κ3) is 1.21. The van der Waals surface area contributed by atoms with Crippen molar-refractivity contribution < 1.29 is 10.1 Å². The molecule has 0 spiro atoms. The lowest BCUT2D eigenvalue weighted by atomic mass is 10.0. The molecule has 9 heavy (non-hydrogen) atoms. The number of hydrogen-bond acceptors (Lipinski definition) is 1. The quantitative estimate of drug-likeness (QED) is 0.409. The highest BCUT2D eigenvalue weighted by molar-refractivity contribution is 5.83. The second-order valence-corrected chi connectivity index (χ2v) is 2.97. The van der Waals surface area contributed by atoms with E-state index in [1.807, 2.05) is 13.8 Å². The van der Waals surface area contributed by atoms with Gasteiger partial charge in [0, 0.05) is 0 Å². The first-order chi connectivity index (χ1) is 4.13. The molecule has 3 nitrogen and oxygen atoms in total. The Kier molecular flexibility index (Phi) is 1.45. The number of amides is 1. The lowest BCUT2D eigenvalue weighted by Crippen LogP contribution is -3.01. The molecule has 52 valence electrons. The summed E-state index contributed by atoms with van der Waals surface area (Å²) in [6.07, 6.45) is 0. The van der Waals surface area contributed by atoms with Gasteiger partial charge in [-0.05, 0) is 13.8 Å². The van der Waals surface area contributed by atoms with Gasteiger partial charge in [0.25, 0.3) is 5.91 Å². The number of carbonyl (C=O) groups excluding carboxylic acids is 1. The first kappa shape index (κ1) is 6.55. The van der Waals surface area contributed by atoms with Gasteiger partial charge in [-0.3, -0.25) is 4.79 Å². The molecular weight excluding hydrogens is 116 g/mol. The van der Waals surface area contributed by atoms with Crippen molar-refractivity contribution >= 4 is 5.91 Å².